The Morgan fingerprint density at radius 1 is 0.889 bits per heavy atom. The fourth-order valence-corrected chi connectivity index (χ4v) is 6.73. The molecular formula is C29H26N2O3S2. The molecule has 0 spiro atoms. The quantitative estimate of drug-likeness (QED) is 0.249. The van der Waals surface area contributed by atoms with Gasteiger partial charge in [0.25, 0.3) is 15.9 Å². The van der Waals surface area contributed by atoms with E-state index in [1.165, 1.54) is 15.6 Å². The number of rotatable bonds is 7. The van der Waals surface area contributed by atoms with Gasteiger partial charge in [-0.15, -0.1) is 11.3 Å². The van der Waals surface area contributed by atoms with Crippen molar-refractivity contribution in [2.24, 2.45) is 0 Å². The average Bonchev–Trinajstić information content (AvgIpc) is 3.31. The molecule has 182 valence electrons. The smallest absolute Gasteiger partial charge is 0.265 e. The lowest BCUT2D eigenvalue weighted by molar-refractivity contribution is 0.103. The van der Waals surface area contributed by atoms with E-state index in [2.05, 4.69) is 5.32 Å². The Kier molecular flexibility index (Phi) is 6.51. The highest BCUT2D eigenvalue weighted by Crippen LogP contribution is 2.33. The first-order chi connectivity index (χ1) is 17.4. The van der Waals surface area contributed by atoms with Gasteiger partial charge >= 0.3 is 0 Å². The number of carbonyl (C=O) groups excluding carboxylic acids is 1. The highest BCUT2D eigenvalue weighted by Gasteiger charge is 2.25. The summed E-state index contributed by atoms with van der Waals surface area (Å²) in [6, 6.07) is 28.0. The minimum Gasteiger partial charge on any atom is -0.321 e. The Balaban J connectivity index is 1.46. The molecule has 0 saturated heterocycles. The monoisotopic (exact) mass is 514 g/mol. The van der Waals surface area contributed by atoms with E-state index >= 15 is 0 Å². The Morgan fingerprint density at radius 3 is 2.42 bits per heavy atom. The van der Waals surface area contributed by atoms with Crippen LogP contribution in [0.3, 0.4) is 0 Å². The number of nitrogens with zero attached hydrogens (tertiary/aromatic N) is 1. The van der Waals surface area contributed by atoms with Crippen molar-refractivity contribution in [3.63, 3.8) is 0 Å². The van der Waals surface area contributed by atoms with Gasteiger partial charge in [0, 0.05) is 22.3 Å². The van der Waals surface area contributed by atoms with Crippen LogP contribution in [-0.2, 0) is 10.0 Å². The Labute approximate surface area is 215 Å². The molecule has 0 atom stereocenters. The first kappa shape index (κ1) is 24.0. The van der Waals surface area contributed by atoms with Crippen molar-refractivity contribution in [1.29, 1.82) is 0 Å². The molecule has 0 unspecified atom stereocenters. The molecule has 0 fully saturated rings. The van der Waals surface area contributed by atoms with Crippen LogP contribution < -0.4 is 9.62 Å². The molecule has 5 nitrogen and oxygen atoms in total. The van der Waals surface area contributed by atoms with Crippen LogP contribution in [0, 0.1) is 6.92 Å². The normalized spacial score (nSPS) is 11.6. The molecule has 7 heteroatoms. The second kappa shape index (κ2) is 9.76. The highest BCUT2D eigenvalue weighted by atomic mass is 32.2. The average molecular weight is 515 g/mol. The number of sulfonamides is 1. The molecule has 1 N–H and O–H groups in total. The van der Waals surface area contributed by atoms with Crippen LogP contribution in [0.4, 0.5) is 11.4 Å². The molecule has 0 saturated carbocycles. The van der Waals surface area contributed by atoms with Crippen LogP contribution in [0.25, 0.3) is 20.9 Å². The summed E-state index contributed by atoms with van der Waals surface area (Å²) in [6.07, 6.45) is 0.672. The number of hydrogen-bond acceptors (Lipinski definition) is 4. The van der Waals surface area contributed by atoms with E-state index < -0.39 is 10.0 Å². The van der Waals surface area contributed by atoms with Gasteiger partial charge in [-0.2, -0.15) is 0 Å². The summed E-state index contributed by atoms with van der Waals surface area (Å²) in [6.45, 7) is 4.25. The fourth-order valence-electron chi connectivity index (χ4n) is 4.24. The zero-order valence-corrected chi connectivity index (χ0v) is 21.7. The first-order valence-corrected chi connectivity index (χ1v) is 14.0. The summed E-state index contributed by atoms with van der Waals surface area (Å²) in [4.78, 5) is 13.9. The number of carbonyl (C=O) groups is 1. The van der Waals surface area contributed by atoms with Crippen molar-refractivity contribution in [3.8, 4) is 0 Å². The summed E-state index contributed by atoms with van der Waals surface area (Å²) in [5, 5.41) is 5.91. The molecule has 5 aromatic rings. The number of benzene rings is 4. The van der Waals surface area contributed by atoms with E-state index in [0.717, 1.165) is 32.1 Å². The molecule has 4 aromatic carbocycles. The molecule has 0 aliphatic rings. The summed E-state index contributed by atoms with van der Waals surface area (Å²) >= 11 is 1.39. The molecule has 0 bridgehead atoms. The van der Waals surface area contributed by atoms with Gasteiger partial charge in [-0.25, -0.2) is 8.42 Å². The SMILES string of the molecule is CCCN(c1ccc2sc(C(=O)Nc3cccc4ccccc34)cc2c1)S(=O)(=O)c1ccc(C)cc1. The maximum absolute atomic E-state index is 13.5. The maximum atomic E-state index is 13.5. The lowest BCUT2D eigenvalue weighted by atomic mass is 10.1. The number of amides is 1. The zero-order chi connectivity index (χ0) is 25.3. The molecule has 1 heterocycles. The van der Waals surface area contributed by atoms with E-state index in [1.807, 2.05) is 80.6 Å². The van der Waals surface area contributed by atoms with E-state index in [-0.39, 0.29) is 10.8 Å². The largest absolute Gasteiger partial charge is 0.321 e. The van der Waals surface area contributed by atoms with Gasteiger partial charge in [-0.05, 0) is 66.6 Å². The molecule has 1 amide bonds. The minimum atomic E-state index is -3.72. The molecule has 36 heavy (non-hydrogen) atoms. The predicted octanol–water partition coefficient (Wildman–Crippen LogP) is 7.22. The lowest BCUT2D eigenvalue weighted by Gasteiger charge is -2.24. The number of nitrogens with one attached hydrogen (secondary N) is 1. The van der Waals surface area contributed by atoms with Crippen LogP contribution in [0.15, 0.2) is 95.9 Å². The summed E-state index contributed by atoms with van der Waals surface area (Å²) in [5.74, 6) is -0.188. The van der Waals surface area contributed by atoms with Crippen LogP contribution in [0.2, 0.25) is 0 Å². The van der Waals surface area contributed by atoms with Gasteiger partial charge in [-0.1, -0.05) is 61.0 Å². The van der Waals surface area contributed by atoms with Crippen LogP contribution in [-0.4, -0.2) is 20.9 Å². The number of thiophene rings is 1. The second-order valence-electron chi connectivity index (χ2n) is 8.70. The minimum absolute atomic E-state index is 0.188. The van der Waals surface area contributed by atoms with E-state index in [4.69, 9.17) is 0 Å². The number of aryl methyl sites for hydroxylation is 1. The number of anilines is 2. The van der Waals surface area contributed by atoms with Crippen molar-refractivity contribution >= 4 is 59.5 Å². The molecule has 5 rings (SSSR count). The van der Waals surface area contributed by atoms with Crippen LogP contribution >= 0.6 is 11.3 Å². The Hall–Kier alpha value is -3.68. The van der Waals surface area contributed by atoms with Gasteiger partial charge < -0.3 is 5.32 Å². The third kappa shape index (κ3) is 4.59. The molecule has 1 aromatic heterocycles. The van der Waals surface area contributed by atoms with Gasteiger partial charge in [0.2, 0.25) is 0 Å². The van der Waals surface area contributed by atoms with E-state index in [9.17, 15) is 13.2 Å². The van der Waals surface area contributed by atoms with Crippen molar-refractivity contribution < 1.29 is 13.2 Å². The Bertz CT molecular complexity index is 1670. The molecule has 0 aliphatic carbocycles. The van der Waals surface area contributed by atoms with Gasteiger partial charge in [-0.3, -0.25) is 9.10 Å². The third-order valence-electron chi connectivity index (χ3n) is 6.09. The van der Waals surface area contributed by atoms with Crippen LogP contribution in [0.1, 0.15) is 28.6 Å². The van der Waals surface area contributed by atoms with Gasteiger partial charge in [0.05, 0.1) is 15.5 Å². The number of fused-ring (bicyclic) bond motifs is 2. The summed E-state index contributed by atoms with van der Waals surface area (Å²) < 4.78 is 29.3. The first-order valence-electron chi connectivity index (χ1n) is 11.8. The summed E-state index contributed by atoms with van der Waals surface area (Å²) in [5.41, 5.74) is 2.35. The van der Waals surface area contributed by atoms with Gasteiger partial charge in [0.1, 0.15) is 0 Å². The number of hydrogen-bond donors (Lipinski definition) is 1. The predicted molar refractivity (Wildman–Crippen MR) is 150 cm³/mol. The van der Waals surface area contributed by atoms with E-state index in [0.29, 0.717) is 23.5 Å². The topological polar surface area (TPSA) is 66.5 Å². The van der Waals surface area contributed by atoms with Crippen molar-refractivity contribution in [1.82, 2.24) is 0 Å². The fraction of sp³-hybridized carbons (Fsp3) is 0.138. The Morgan fingerprint density at radius 2 is 1.64 bits per heavy atom. The van der Waals surface area contributed by atoms with Crippen molar-refractivity contribution in [3.05, 3.63) is 101 Å². The molecular weight excluding hydrogens is 488 g/mol. The molecule has 0 radical (unpaired) electrons. The summed E-state index contributed by atoms with van der Waals surface area (Å²) in [7, 11) is -3.72. The molecule has 0 aliphatic heterocycles. The lowest BCUT2D eigenvalue weighted by Crippen LogP contribution is -2.31. The highest BCUT2D eigenvalue weighted by molar-refractivity contribution is 7.92. The maximum Gasteiger partial charge on any atom is 0.265 e. The van der Waals surface area contributed by atoms with Crippen LogP contribution in [0.5, 0.6) is 0 Å². The standard InChI is InChI=1S/C29H26N2O3S2/c1-3-17-31(36(33,34)24-14-11-20(2)12-15-24)23-13-16-27-22(18-23)19-28(35-27)29(32)30-26-10-6-8-21-7-4-5-9-25(21)26/h4-16,18-19H,3,17H2,1-2H3,(H,30,32). The zero-order valence-electron chi connectivity index (χ0n) is 20.1. The van der Waals surface area contributed by atoms with Crippen molar-refractivity contribution in [2.75, 3.05) is 16.2 Å². The second-order valence-corrected chi connectivity index (χ2v) is 11.6. The third-order valence-corrected chi connectivity index (χ3v) is 9.04. The van der Waals surface area contributed by atoms with E-state index in [1.54, 1.807) is 24.3 Å². The van der Waals surface area contributed by atoms with Crippen molar-refractivity contribution in [2.45, 2.75) is 25.2 Å². The van der Waals surface area contributed by atoms with Gasteiger partial charge in [0.15, 0.2) is 0 Å².